The first-order valence-electron chi connectivity index (χ1n) is 7.70. The van der Waals surface area contributed by atoms with Gasteiger partial charge in [-0.1, -0.05) is 32.0 Å². The third-order valence-electron chi connectivity index (χ3n) is 3.81. The third-order valence-corrected chi connectivity index (χ3v) is 3.81. The van der Waals surface area contributed by atoms with E-state index in [4.69, 9.17) is 9.47 Å². The summed E-state index contributed by atoms with van der Waals surface area (Å²) >= 11 is 0. The van der Waals surface area contributed by atoms with Crippen molar-refractivity contribution >= 4 is 5.91 Å². The molecule has 1 fully saturated rings. The van der Waals surface area contributed by atoms with Gasteiger partial charge in [-0.3, -0.25) is 4.79 Å². The van der Waals surface area contributed by atoms with Crippen LogP contribution in [0.4, 0.5) is 0 Å². The second-order valence-electron chi connectivity index (χ2n) is 5.89. The number of hydrogen-bond donors (Lipinski definition) is 1. The Kier molecular flexibility index (Phi) is 5.62. The molecule has 0 bridgehead atoms. The topological polar surface area (TPSA) is 47.6 Å². The van der Waals surface area contributed by atoms with Gasteiger partial charge in [0, 0.05) is 6.61 Å². The lowest BCUT2D eigenvalue weighted by atomic mass is 10.0. The van der Waals surface area contributed by atoms with Crippen LogP contribution < -0.4 is 10.1 Å². The first-order chi connectivity index (χ1) is 10.1. The summed E-state index contributed by atoms with van der Waals surface area (Å²) in [7, 11) is 0. The number of rotatable bonds is 6. The fourth-order valence-corrected chi connectivity index (χ4v) is 2.62. The normalized spacial score (nSPS) is 19.5. The number of hydrogen-bond acceptors (Lipinski definition) is 3. The Labute approximate surface area is 126 Å². The Bertz CT molecular complexity index is 467. The highest BCUT2D eigenvalue weighted by Gasteiger charge is 2.23. The Morgan fingerprint density at radius 1 is 1.38 bits per heavy atom. The molecule has 4 nitrogen and oxygen atoms in total. The highest BCUT2D eigenvalue weighted by Crippen LogP contribution is 2.25. The maximum atomic E-state index is 12.0. The van der Waals surface area contributed by atoms with Gasteiger partial charge in [0.15, 0.2) is 6.61 Å². The molecule has 1 aliphatic rings. The average molecular weight is 291 g/mol. The number of carbonyl (C=O) groups is 1. The minimum absolute atomic E-state index is 0.0314. The van der Waals surface area contributed by atoms with Crippen LogP contribution in [-0.2, 0) is 9.53 Å². The van der Waals surface area contributed by atoms with Crippen molar-refractivity contribution in [3.8, 4) is 5.75 Å². The summed E-state index contributed by atoms with van der Waals surface area (Å²) in [6.45, 7) is 7.05. The molecule has 0 saturated carbocycles. The van der Waals surface area contributed by atoms with E-state index in [1.165, 1.54) is 0 Å². The number of benzene rings is 1. The molecule has 1 heterocycles. The van der Waals surface area contributed by atoms with Gasteiger partial charge in [0.25, 0.3) is 5.91 Å². The number of amides is 1. The fourth-order valence-electron chi connectivity index (χ4n) is 2.62. The molecule has 0 aromatic heterocycles. The predicted octanol–water partition coefficient (Wildman–Crippen LogP) is 2.87. The van der Waals surface area contributed by atoms with E-state index in [9.17, 15) is 4.79 Å². The van der Waals surface area contributed by atoms with Crippen molar-refractivity contribution in [2.75, 3.05) is 13.2 Å². The molecule has 1 N–H and O–H groups in total. The second-order valence-corrected chi connectivity index (χ2v) is 5.89. The molecule has 21 heavy (non-hydrogen) atoms. The van der Waals surface area contributed by atoms with Gasteiger partial charge in [0.1, 0.15) is 5.75 Å². The summed E-state index contributed by atoms with van der Waals surface area (Å²) < 4.78 is 11.2. The van der Waals surface area contributed by atoms with E-state index in [2.05, 4.69) is 19.2 Å². The Balaban J connectivity index is 1.83. The molecule has 1 amide bonds. The van der Waals surface area contributed by atoms with Crippen molar-refractivity contribution in [3.63, 3.8) is 0 Å². The van der Waals surface area contributed by atoms with Crippen LogP contribution in [0.15, 0.2) is 24.3 Å². The lowest BCUT2D eigenvalue weighted by molar-refractivity contribution is -0.124. The van der Waals surface area contributed by atoms with Gasteiger partial charge in [-0.2, -0.15) is 0 Å². The number of nitrogens with one attached hydrogen (secondary N) is 1. The smallest absolute Gasteiger partial charge is 0.258 e. The van der Waals surface area contributed by atoms with E-state index < -0.39 is 0 Å². The van der Waals surface area contributed by atoms with Gasteiger partial charge in [0.2, 0.25) is 0 Å². The Morgan fingerprint density at radius 2 is 2.14 bits per heavy atom. The number of ether oxygens (including phenoxy) is 2. The summed E-state index contributed by atoms with van der Waals surface area (Å²) in [5, 5.41) is 2.95. The molecule has 2 atom stereocenters. The third kappa shape index (κ3) is 4.46. The molecule has 1 aromatic rings. The molecule has 0 unspecified atom stereocenters. The first-order valence-corrected chi connectivity index (χ1v) is 7.70. The predicted molar refractivity (Wildman–Crippen MR) is 82.6 cm³/mol. The zero-order valence-corrected chi connectivity index (χ0v) is 13.1. The van der Waals surface area contributed by atoms with Crippen LogP contribution in [0.25, 0.3) is 0 Å². The van der Waals surface area contributed by atoms with E-state index in [1.807, 2.05) is 31.2 Å². The maximum Gasteiger partial charge on any atom is 0.258 e. The lowest BCUT2D eigenvalue weighted by Crippen LogP contribution is -2.42. The van der Waals surface area contributed by atoms with Crippen molar-refractivity contribution in [1.29, 1.82) is 0 Å². The van der Waals surface area contributed by atoms with E-state index in [-0.39, 0.29) is 24.7 Å². The summed E-state index contributed by atoms with van der Waals surface area (Å²) in [6.07, 6.45) is 2.22. The van der Waals surface area contributed by atoms with Crippen molar-refractivity contribution in [1.82, 2.24) is 5.32 Å². The first kappa shape index (κ1) is 15.8. The van der Waals surface area contributed by atoms with Crippen molar-refractivity contribution in [2.45, 2.75) is 51.7 Å². The van der Waals surface area contributed by atoms with Gasteiger partial charge < -0.3 is 14.8 Å². The summed E-state index contributed by atoms with van der Waals surface area (Å²) in [4.78, 5) is 12.0. The quantitative estimate of drug-likeness (QED) is 0.876. The fraction of sp³-hybridized carbons (Fsp3) is 0.588. The van der Waals surface area contributed by atoms with Crippen LogP contribution in [0, 0.1) is 0 Å². The van der Waals surface area contributed by atoms with Crippen molar-refractivity contribution in [2.24, 2.45) is 0 Å². The van der Waals surface area contributed by atoms with Crippen LogP contribution in [0.1, 0.15) is 45.1 Å². The standard InChI is InChI=1S/C17H25NO3/c1-12(2)14-7-4-5-8-16(14)21-11-17(19)18-13(3)15-9-6-10-20-15/h4-5,7-8,12-13,15H,6,9-11H2,1-3H3,(H,18,19)/t13-,15-/m0/s1. The molecule has 1 saturated heterocycles. The molecule has 1 aromatic carbocycles. The summed E-state index contributed by atoms with van der Waals surface area (Å²) in [5.74, 6) is 1.05. The second kappa shape index (κ2) is 7.46. The average Bonchev–Trinajstić information content (AvgIpc) is 2.99. The Morgan fingerprint density at radius 3 is 2.81 bits per heavy atom. The molecule has 116 valence electrons. The summed E-state index contributed by atoms with van der Waals surface area (Å²) in [6, 6.07) is 7.89. The van der Waals surface area contributed by atoms with Gasteiger partial charge in [-0.15, -0.1) is 0 Å². The summed E-state index contributed by atoms with van der Waals surface area (Å²) in [5.41, 5.74) is 1.12. The zero-order valence-electron chi connectivity index (χ0n) is 13.1. The molecule has 2 rings (SSSR count). The molecule has 4 heteroatoms. The van der Waals surface area contributed by atoms with Gasteiger partial charge in [-0.05, 0) is 37.3 Å². The monoisotopic (exact) mass is 291 g/mol. The molecule has 1 aliphatic heterocycles. The molecular weight excluding hydrogens is 266 g/mol. The van der Waals surface area contributed by atoms with E-state index in [1.54, 1.807) is 0 Å². The van der Waals surface area contributed by atoms with Crippen LogP contribution in [0.2, 0.25) is 0 Å². The molecular formula is C17H25NO3. The minimum atomic E-state index is -0.100. The van der Waals surface area contributed by atoms with Crippen LogP contribution in [-0.4, -0.2) is 31.3 Å². The van der Waals surface area contributed by atoms with Gasteiger partial charge in [0.05, 0.1) is 12.1 Å². The Hall–Kier alpha value is -1.55. The maximum absolute atomic E-state index is 12.0. The SMILES string of the molecule is CC(C)c1ccccc1OCC(=O)N[C@@H](C)[C@@H]1CCCO1. The van der Waals surface area contributed by atoms with Crippen LogP contribution in [0.3, 0.4) is 0 Å². The zero-order chi connectivity index (χ0) is 15.2. The van der Waals surface area contributed by atoms with Crippen LogP contribution >= 0.6 is 0 Å². The van der Waals surface area contributed by atoms with E-state index in [0.717, 1.165) is 30.8 Å². The number of para-hydroxylation sites is 1. The van der Waals surface area contributed by atoms with Crippen molar-refractivity contribution in [3.05, 3.63) is 29.8 Å². The van der Waals surface area contributed by atoms with E-state index >= 15 is 0 Å². The highest BCUT2D eigenvalue weighted by molar-refractivity contribution is 5.77. The molecule has 0 aliphatic carbocycles. The highest BCUT2D eigenvalue weighted by atomic mass is 16.5. The van der Waals surface area contributed by atoms with Crippen molar-refractivity contribution < 1.29 is 14.3 Å². The molecule has 0 spiro atoms. The molecule has 0 radical (unpaired) electrons. The van der Waals surface area contributed by atoms with Gasteiger partial charge >= 0.3 is 0 Å². The van der Waals surface area contributed by atoms with Gasteiger partial charge in [-0.25, -0.2) is 0 Å². The van der Waals surface area contributed by atoms with E-state index in [0.29, 0.717) is 5.92 Å². The lowest BCUT2D eigenvalue weighted by Gasteiger charge is -2.20. The largest absolute Gasteiger partial charge is 0.483 e. The number of carbonyl (C=O) groups excluding carboxylic acids is 1. The minimum Gasteiger partial charge on any atom is -0.483 e. The van der Waals surface area contributed by atoms with Crippen LogP contribution in [0.5, 0.6) is 5.75 Å².